The lowest BCUT2D eigenvalue weighted by atomic mass is 9.82. The summed E-state index contributed by atoms with van der Waals surface area (Å²) in [5.74, 6) is -0.583. The number of nitrogens with one attached hydrogen (secondary N) is 2. The van der Waals surface area contributed by atoms with Crippen molar-refractivity contribution >= 4 is 22.0 Å². The monoisotopic (exact) mass is 425 g/mol. The second kappa shape index (κ2) is 9.47. The molecule has 2 rings (SSSR count). The zero-order valence-electron chi connectivity index (χ0n) is 17.0. The molecule has 1 aromatic carbocycles. The van der Waals surface area contributed by atoms with E-state index in [0.717, 1.165) is 5.56 Å². The largest absolute Gasteiger partial charge is 0.530 e. The maximum Gasteiger partial charge on any atom is 0.407 e. The minimum absolute atomic E-state index is 0.110. The molecule has 0 aromatic heterocycles. The SMILES string of the molecule is CC(C)(C)S(=O)(=O)CC1CC(NC(=O)[O-])CCC1NC(=O)OCc1ccccc1. The number of amides is 2. The molecule has 2 N–H and O–H groups in total. The zero-order valence-corrected chi connectivity index (χ0v) is 17.8. The maximum absolute atomic E-state index is 12.7. The second-order valence-electron chi connectivity index (χ2n) is 8.41. The van der Waals surface area contributed by atoms with Gasteiger partial charge in [-0.15, -0.1) is 0 Å². The van der Waals surface area contributed by atoms with Crippen LogP contribution in [-0.2, 0) is 21.2 Å². The van der Waals surface area contributed by atoms with E-state index in [9.17, 15) is 23.1 Å². The number of hydrogen-bond acceptors (Lipinski definition) is 6. The van der Waals surface area contributed by atoms with Gasteiger partial charge >= 0.3 is 6.09 Å². The minimum Gasteiger partial charge on any atom is -0.530 e. The van der Waals surface area contributed by atoms with Gasteiger partial charge in [-0.1, -0.05) is 30.3 Å². The van der Waals surface area contributed by atoms with Crippen molar-refractivity contribution in [3.63, 3.8) is 0 Å². The fourth-order valence-electron chi connectivity index (χ4n) is 3.38. The number of alkyl carbamates (subject to hydrolysis) is 1. The molecular weight excluding hydrogens is 396 g/mol. The fraction of sp³-hybridized carbons (Fsp3) is 0.600. The van der Waals surface area contributed by atoms with Gasteiger partial charge in [0.25, 0.3) is 0 Å². The predicted octanol–water partition coefficient (Wildman–Crippen LogP) is 1.60. The summed E-state index contributed by atoms with van der Waals surface area (Å²) in [5.41, 5.74) is 0.844. The molecule has 3 atom stereocenters. The van der Waals surface area contributed by atoms with Crippen molar-refractivity contribution in [3.05, 3.63) is 35.9 Å². The number of carboxylic acid groups (broad SMARTS) is 1. The number of ether oxygens (including phenoxy) is 1. The normalized spacial score (nSPS) is 22.5. The molecule has 8 nitrogen and oxygen atoms in total. The van der Waals surface area contributed by atoms with E-state index in [1.54, 1.807) is 20.8 Å². The van der Waals surface area contributed by atoms with Crippen LogP contribution in [0.15, 0.2) is 30.3 Å². The van der Waals surface area contributed by atoms with Gasteiger partial charge in [0.05, 0.1) is 10.5 Å². The summed E-state index contributed by atoms with van der Waals surface area (Å²) in [6, 6.07) is 8.40. The number of carbonyl (C=O) groups is 2. The summed E-state index contributed by atoms with van der Waals surface area (Å²) in [7, 11) is -3.46. The number of benzene rings is 1. The Labute approximate surface area is 171 Å². The van der Waals surface area contributed by atoms with E-state index in [1.165, 1.54) is 0 Å². The first-order valence-corrected chi connectivity index (χ1v) is 11.3. The van der Waals surface area contributed by atoms with E-state index in [2.05, 4.69) is 10.6 Å². The standard InChI is InChI=1S/C20H30N2O6S/c1-20(2,3)29(26,27)13-15-11-16(21-18(23)24)9-10-17(15)22-19(25)28-12-14-7-5-4-6-8-14/h4-8,15-17,21H,9-13H2,1-3H3,(H,22,25)(H,23,24)/p-1. The van der Waals surface area contributed by atoms with E-state index >= 15 is 0 Å². The topological polar surface area (TPSA) is 125 Å². The highest BCUT2D eigenvalue weighted by atomic mass is 32.2. The molecule has 0 saturated heterocycles. The molecule has 162 valence electrons. The quantitative estimate of drug-likeness (QED) is 0.713. The van der Waals surface area contributed by atoms with Crippen molar-refractivity contribution in [1.82, 2.24) is 10.6 Å². The molecule has 29 heavy (non-hydrogen) atoms. The summed E-state index contributed by atoms with van der Waals surface area (Å²) in [6.07, 6.45) is -0.795. The number of hydrogen-bond donors (Lipinski definition) is 2. The van der Waals surface area contributed by atoms with Crippen molar-refractivity contribution in [1.29, 1.82) is 0 Å². The van der Waals surface area contributed by atoms with Gasteiger partial charge < -0.3 is 25.3 Å². The third-order valence-electron chi connectivity index (χ3n) is 5.19. The first-order chi connectivity index (χ1) is 13.5. The number of rotatable bonds is 6. The lowest BCUT2D eigenvalue weighted by molar-refractivity contribution is -0.252. The molecule has 1 saturated carbocycles. The molecule has 1 aliphatic carbocycles. The molecule has 0 radical (unpaired) electrons. The highest BCUT2D eigenvalue weighted by Crippen LogP contribution is 2.29. The minimum atomic E-state index is -3.46. The molecule has 0 spiro atoms. The summed E-state index contributed by atoms with van der Waals surface area (Å²) < 4.78 is 29.7. The van der Waals surface area contributed by atoms with Crippen molar-refractivity contribution in [2.45, 2.75) is 63.5 Å². The molecule has 1 aromatic rings. The average molecular weight is 426 g/mol. The average Bonchev–Trinajstić information content (AvgIpc) is 2.61. The highest BCUT2D eigenvalue weighted by Gasteiger charge is 2.38. The van der Waals surface area contributed by atoms with Crippen LogP contribution in [0, 0.1) is 5.92 Å². The summed E-state index contributed by atoms with van der Waals surface area (Å²) in [6.45, 7) is 4.98. The van der Waals surface area contributed by atoms with Crippen LogP contribution < -0.4 is 15.7 Å². The Morgan fingerprint density at radius 3 is 2.38 bits per heavy atom. The maximum atomic E-state index is 12.7. The number of carbonyl (C=O) groups excluding carboxylic acids is 2. The first-order valence-electron chi connectivity index (χ1n) is 9.65. The van der Waals surface area contributed by atoms with Gasteiger partial charge in [0, 0.05) is 12.1 Å². The third kappa shape index (κ3) is 6.92. The van der Waals surface area contributed by atoms with E-state index in [4.69, 9.17) is 4.74 Å². The van der Waals surface area contributed by atoms with Crippen LogP contribution in [0.25, 0.3) is 0 Å². The van der Waals surface area contributed by atoms with Gasteiger partial charge in [-0.05, 0) is 51.5 Å². The molecule has 0 heterocycles. The Balaban J connectivity index is 2.04. The third-order valence-corrected chi connectivity index (χ3v) is 7.92. The Morgan fingerprint density at radius 2 is 1.79 bits per heavy atom. The van der Waals surface area contributed by atoms with Gasteiger partial charge in [-0.25, -0.2) is 13.2 Å². The Hall–Kier alpha value is -2.29. The van der Waals surface area contributed by atoms with Crippen molar-refractivity contribution in [2.75, 3.05) is 5.75 Å². The Kier molecular flexibility index (Phi) is 7.51. The van der Waals surface area contributed by atoms with Crippen LogP contribution >= 0.6 is 0 Å². The smallest absolute Gasteiger partial charge is 0.407 e. The lowest BCUT2D eigenvalue weighted by Gasteiger charge is -2.38. The molecule has 3 unspecified atom stereocenters. The van der Waals surface area contributed by atoms with Crippen LogP contribution in [0.5, 0.6) is 0 Å². The summed E-state index contributed by atoms with van der Waals surface area (Å²) >= 11 is 0. The molecule has 0 bridgehead atoms. The van der Waals surface area contributed by atoms with Crippen LogP contribution in [0.2, 0.25) is 0 Å². The van der Waals surface area contributed by atoms with Crippen molar-refractivity contribution in [2.24, 2.45) is 5.92 Å². The van der Waals surface area contributed by atoms with Gasteiger partial charge in [0.1, 0.15) is 12.7 Å². The van der Waals surface area contributed by atoms with E-state index < -0.39 is 44.8 Å². The molecule has 1 aliphatic rings. The predicted molar refractivity (Wildman–Crippen MR) is 107 cm³/mol. The highest BCUT2D eigenvalue weighted by molar-refractivity contribution is 7.92. The van der Waals surface area contributed by atoms with Crippen LogP contribution in [0.4, 0.5) is 9.59 Å². The van der Waals surface area contributed by atoms with E-state index in [-0.39, 0.29) is 12.4 Å². The molecule has 1 fully saturated rings. The fourth-order valence-corrected chi connectivity index (χ4v) is 4.82. The van der Waals surface area contributed by atoms with Gasteiger partial charge in [0.2, 0.25) is 0 Å². The zero-order chi connectivity index (χ0) is 21.7. The molecule has 9 heteroatoms. The van der Waals surface area contributed by atoms with E-state index in [0.29, 0.717) is 19.3 Å². The first kappa shape index (κ1) is 23.0. The Bertz CT molecular complexity index is 804. The van der Waals surface area contributed by atoms with Crippen LogP contribution in [0.3, 0.4) is 0 Å². The van der Waals surface area contributed by atoms with Crippen molar-refractivity contribution in [3.8, 4) is 0 Å². The number of sulfone groups is 1. The van der Waals surface area contributed by atoms with Crippen LogP contribution in [0.1, 0.15) is 45.6 Å². The molecule has 2 amide bonds. The second-order valence-corrected chi connectivity index (χ2v) is 11.2. The Morgan fingerprint density at radius 1 is 1.14 bits per heavy atom. The van der Waals surface area contributed by atoms with Gasteiger partial charge in [0.15, 0.2) is 9.84 Å². The summed E-state index contributed by atoms with van der Waals surface area (Å²) in [4.78, 5) is 23.1. The van der Waals surface area contributed by atoms with Gasteiger partial charge in [-0.3, -0.25) is 0 Å². The van der Waals surface area contributed by atoms with Crippen molar-refractivity contribution < 1.29 is 27.9 Å². The van der Waals surface area contributed by atoms with Gasteiger partial charge in [-0.2, -0.15) is 0 Å². The molecular formula is C20H29N2O6S-. The summed E-state index contributed by atoms with van der Waals surface area (Å²) in [5, 5.41) is 16.0. The van der Waals surface area contributed by atoms with Crippen LogP contribution in [-0.4, -0.2) is 43.2 Å². The van der Waals surface area contributed by atoms with E-state index in [1.807, 2.05) is 30.3 Å². The molecule has 0 aliphatic heterocycles. The lowest BCUT2D eigenvalue weighted by Crippen LogP contribution is -2.53.